The van der Waals surface area contributed by atoms with E-state index in [0.29, 0.717) is 44.8 Å². The predicted octanol–water partition coefficient (Wildman–Crippen LogP) is 1.64. The molecule has 7 nitrogen and oxygen atoms in total. The molecule has 7 heteroatoms. The Bertz CT molecular complexity index is 912. The summed E-state index contributed by atoms with van der Waals surface area (Å²) < 4.78 is 6.07. The number of carbonyl (C=O) groups excluding carboxylic acids is 3. The summed E-state index contributed by atoms with van der Waals surface area (Å²) in [6.07, 6.45) is 16.5. The van der Waals surface area contributed by atoms with Gasteiger partial charge in [-0.25, -0.2) is 0 Å². The number of nitrogens with one attached hydrogen (secondary N) is 3. The monoisotopic (exact) mass is 437 g/mol. The van der Waals surface area contributed by atoms with E-state index in [2.05, 4.69) is 34.2 Å². The molecule has 0 fully saturated rings. The third-order valence-corrected chi connectivity index (χ3v) is 6.22. The Labute approximate surface area is 188 Å². The molecule has 0 aromatic carbocycles. The van der Waals surface area contributed by atoms with Crippen LogP contribution >= 0.6 is 0 Å². The van der Waals surface area contributed by atoms with Gasteiger partial charge in [-0.15, -0.1) is 0 Å². The van der Waals surface area contributed by atoms with Crippen molar-refractivity contribution in [2.45, 2.75) is 44.2 Å². The van der Waals surface area contributed by atoms with E-state index in [1.807, 2.05) is 12.2 Å². The van der Waals surface area contributed by atoms with Gasteiger partial charge in [0, 0.05) is 37.2 Å². The quantitative estimate of drug-likeness (QED) is 0.499. The summed E-state index contributed by atoms with van der Waals surface area (Å²) in [6.45, 7) is 1.91. The highest BCUT2D eigenvalue weighted by atomic mass is 16.5. The van der Waals surface area contributed by atoms with Crippen LogP contribution in [0.15, 0.2) is 59.4 Å². The zero-order valence-electron chi connectivity index (χ0n) is 18.3. The summed E-state index contributed by atoms with van der Waals surface area (Å²) in [5.74, 6) is 0.969. The molecule has 4 rings (SSSR count). The third-order valence-electron chi connectivity index (χ3n) is 6.22. The topological polar surface area (TPSA) is 96.5 Å². The van der Waals surface area contributed by atoms with Gasteiger partial charge in [0.05, 0.1) is 13.1 Å². The van der Waals surface area contributed by atoms with E-state index in [-0.39, 0.29) is 35.5 Å². The molecule has 4 aliphatic rings. The van der Waals surface area contributed by atoms with Crippen LogP contribution in [0.4, 0.5) is 0 Å². The summed E-state index contributed by atoms with van der Waals surface area (Å²) in [4.78, 5) is 36.3. The van der Waals surface area contributed by atoms with Crippen molar-refractivity contribution in [3.05, 3.63) is 59.4 Å². The summed E-state index contributed by atoms with van der Waals surface area (Å²) >= 11 is 0. The molecule has 3 atom stereocenters. The zero-order chi connectivity index (χ0) is 22.3. The second kappa shape index (κ2) is 10.7. The van der Waals surface area contributed by atoms with Crippen LogP contribution in [0.3, 0.4) is 0 Å². The Morgan fingerprint density at radius 2 is 1.91 bits per heavy atom. The van der Waals surface area contributed by atoms with Gasteiger partial charge in [-0.3, -0.25) is 14.4 Å². The summed E-state index contributed by atoms with van der Waals surface area (Å²) in [6, 6.07) is 0.167. The number of ketones is 2. The van der Waals surface area contributed by atoms with Crippen LogP contribution < -0.4 is 16.0 Å². The molecule has 3 unspecified atom stereocenters. The number of Topliss-reactive ketones (excluding diaryl/α,β-unsaturated/α-hetero) is 1. The standard InChI is InChI=1S/C25H31N3O4/c29-19-7-8-22-21-9-10-25(31)28-14-17-5-6-18(12-17)27-16-20(30)15-26-11-3-1-2-4-23(21)32-24(22)13-19/h1,3,5-8,13,17-18,23,26-27H,2,4,9-12,14-16H2,(H,28,31). The molecule has 0 spiro atoms. The van der Waals surface area contributed by atoms with Crippen molar-refractivity contribution in [3.8, 4) is 0 Å². The largest absolute Gasteiger partial charge is 0.485 e. The number of hydrogen-bond acceptors (Lipinski definition) is 6. The zero-order valence-corrected chi connectivity index (χ0v) is 18.3. The van der Waals surface area contributed by atoms with Gasteiger partial charge in [0.2, 0.25) is 5.91 Å². The lowest BCUT2D eigenvalue weighted by molar-refractivity contribution is -0.121. The fraction of sp³-hybridized carbons (Fsp3) is 0.480. The molecular weight excluding hydrogens is 406 g/mol. The SMILES string of the molecule is O=C1C=CC2=C3CCC(=O)NCC4C=CC(C4)NCC(=O)CNCC=CCCC3OC2=C1. The molecular formula is C25H31N3O4. The number of hydrogen-bond donors (Lipinski definition) is 3. The van der Waals surface area contributed by atoms with Gasteiger partial charge in [0.1, 0.15) is 11.9 Å². The lowest BCUT2D eigenvalue weighted by atomic mass is 9.94. The highest BCUT2D eigenvalue weighted by Crippen LogP contribution is 2.37. The van der Waals surface area contributed by atoms with E-state index >= 15 is 0 Å². The highest BCUT2D eigenvalue weighted by molar-refractivity contribution is 6.02. The number of amides is 1. The van der Waals surface area contributed by atoms with Gasteiger partial charge in [0.25, 0.3) is 0 Å². The lowest BCUT2D eigenvalue weighted by Crippen LogP contribution is -2.37. The van der Waals surface area contributed by atoms with E-state index < -0.39 is 0 Å². The molecule has 3 N–H and O–H groups in total. The molecule has 0 saturated carbocycles. The first-order valence-electron chi connectivity index (χ1n) is 11.5. The maximum absolute atomic E-state index is 12.5. The number of allylic oxidation sites excluding steroid dienone is 4. The van der Waals surface area contributed by atoms with Crippen molar-refractivity contribution < 1.29 is 19.1 Å². The van der Waals surface area contributed by atoms with E-state index in [0.717, 1.165) is 30.4 Å². The Hall–Kier alpha value is -2.77. The van der Waals surface area contributed by atoms with Gasteiger partial charge in [-0.2, -0.15) is 0 Å². The fourth-order valence-electron chi connectivity index (χ4n) is 4.50. The van der Waals surface area contributed by atoms with Crippen molar-refractivity contribution in [2.75, 3.05) is 26.2 Å². The molecule has 0 radical (unpaired) electrons. The van der Waals surface area contributed by atoms with Crippen molar-refractivity contribution >= 4 is 17.5 Å². The second-order valence-electron chi connectivity index (χ2n) is 8.68. The van der Waals surface area contributed by atoms with Crippen molar-refractivity contribution in [1.82, 2.24) is 16.0 Å². The fourth-order valence-corrected chi connectivity index (χ4v) is 4.50. The number of fused-ring (bicyclic) bond motifs is 4. The molecule has 2 aliphatic heterocycles. The molecule has 32 heavy (non-hydrogen) atoms. The normalized spacial score (nSPS) is 29.8. The second-order valence-corrected chi connectivity index (χ2v) is 8.68. The van der Waals surface area contributed by atoms with E-state index in [4.69, 9.17) is 4.74 Å². The average Bonchev–Trinajstić information content (AvgIpc) is 3.37. The Balaban J connectivity index is 1.43. The number of ether oxygens (including phenoxy) is 1. The van der Waals surface area contributed by atoms with Crippen LogP contribution in [-0.2, 0) is 19.1 Å². The van der Waals surface area contributed by atoms with E-state index in [9.17, 15) is 14.4 Å². The van der Waals surface area contributed by atoms with Crippen LogP contribution in [0.5, 0.6) is 0 Å². The van der Waals surface area contributed by atoms with Crippen LogP contribution in [0, 0.1) is 5.92 Å². The predicted molar refractivity (Wildman–Crippen MR) is 122 cm³/mol. The molecule has 0 aromatic heterocycles. The first-order valence-corrected chi connectivity index (χ1v) is 11.5. The van der Waals surface area contributed by atoms with Crippen molar-refractivity contribution in [2.24, 2.45) is 5.92 Å². The highest BCUT2D eigenvalue weighted by Gasteiger charge is 2.31. The Kier molecular flexibility index (Phi) is 7.50. The van der Waals surface area contributed by atoms with E-state index in [1.54, 1.807) is 6.08 Å². The molecule has 2 aliphatic carbocycles. The third kappa shape index (κ3) is 5.93. The van der Waals surface area contributed by atoms with Gasteiger partial charge >= 0.3 is 0 Å². The average molecular weight is 438 g/mol. The first kappa shape index (κ1) is 22.4. The van der Waals surface area contributed by atoms with Crippen LogP contribution in [0.25, 0.3) is 0 Å². The minimum absolute atomic E-state index is 0.0190. The van der Waals surface area contributed by atoms with Crippen LogP contribution in [-0.4, -0.2) is 55.8 Å². The number of carbonyl (C=O) groups is 3. The maximum Gasteiger partial charge on any atom is 0.220 e. The Morgan fingerprint density at radius 1 is 1.00 bits per heavy atom. The molecule has 2 heterocycles. The smallest absolute Gasteiger partial charge is 0.220 e. The molecule has 2 bridgehead atoms. The lowest BCUT2D eigenvalue weighted by Gasteiger charge is -2.16. The van der Waals surface area contributed by atoms with Crippen molar-refractivity contribution in [1.29, 1.82) is 0 Å². The summed E-state index contributed by atoms with van der Waals surface area (Å²) in [7, 11) is 0. The minimum atomic E-state index is -0.131. The van der Waals surface area contributed by atoms with E-state index in [1.165, 1.54) is 6.08 Å². The van der Waals surface area contributed by atoms with Crippen LogP contribution in [0.2, 0.25) is 0 Å². The van der Waals surface area contributed by atoms with Crippen LogP contribution in [0.1, 0.15) is 32.1 Å². The Morgan fingerprint density at radius 3 is 2.81 bits per heavy atom. The molecule has 0 saturated heterocycles. The minimum Gasteiger partial charge on any atom is -0.485 e. The van der Waals surface area contributed by atoms with Gasteiger partial charge in [-0.05, 0) is 49.3 Å². The van der Waals surface area contributed by atoms with Gasteiger partial charge < -0.3 is 20.7 Å². The van der Waals surface area contributed by atoms with Gasteiger partial charge in [0.15, 0.2) is 11.6 Å². The first-order chi connectivity index (χ1) is 15.6. The molecule has 0 aromatic rings. The summed E-state index contributed by atoms with van der Waals surface area (Å²) in [5.41, 5.74) is 2.04. The molecule has 170 valence electrons. The molecule has 1 amide bonds. The van der Waals surface area contributed by atoms with Gasteiger partial charge in [-0.1, -0.05) is 24.3 Å². The maximum atomic E-state index is 12.5. The summed E-state index contributed by atoms with van der Waals surface area (Å²) in [5, 5.41) is 9.49. The number of rotatable bonds is 0. The van der Waals surface area contributed by atoms with Crippen molar-refractivity contribution in [3.63, 3.8) is 0 Å².